The van der Waals surface area contributed by atoms with Gasteiger partial charge in [-0.25, -0.2) is 8.42 Å². The van der Waals surface area contributed by atoms with Gasteiger partial charge >= 0.3 is 0 Å². The van der Waals surface area contributed by atoms with E-state index in [2.05, 4.69) is 17.0 Å². The minimum absolute atomic E-state index is 0.242. The molecule has 0 amide bonds. The van der Waals surface area contributed by atoms with E-state index in [1.54, 1.807) is 18.2 Å². The number of hydrogen-bond donors (Lipinski definition) is 0. The Bertz CT molecular complexity index is 594. The number of sulfonamides is 1. The molecule has 0 aromatic carbocycles. The number of rotatable bonds is 4. The van der Waals surface area contributed by atoms with E-state index in [0.29, 0.717) is 30.6 Å². The lowest BCUT2D eigenvalue weighted by molar-refractivity contribution is 0.133. The average molecular weight is 313 g/mol. The Hall–Kier alpha value is -0.920. The fraction of sp³-hybridized carbons (Fsp3) is 0.786. The molecule has 1 aromatic heterocycles. The lowest BCUT2D eigenvalue weighted by Crippen LogP contribution is -2.51. The van der Waals surface area contributed by atoms with Crippen molar-refractivity contribution in [2.24, 2.45) is 5.92 Å². The highest BCUT2D eigenvalue weighted by Crippen LogP contribution is 2.35. The van der Waals surface area contributed by atoms with Crippen molar-refractivity contribution < 1.29 is 12.9 Å². The zero-order valence-corrected chi connectivity index (χ0v) is 13.7. The van der Waals surface area contributed by atoms with Crippen LogP contribution in [-0.2, 0) is 10.0 Å². The van der Waals surface area contributed by atoms with Gasteiger partial charge in [0.15, 0.2) is 5.76 Å². The Morgan fingerprint density at radius 1 is 1.19 bits per heavy atom. The molecule has 1 aromatic rings. The molecule has 2 aliphatic rings. The van der Waals surface area contributed by atoms with E-state index < -0.39 is 10.0 Å². The fourth-order valence-electron chi connectivity index (χ4n) is 3.20. The van der Waals surface area contributed by atoms with Crippen molar-refractivity contribution in [3.8, 4) is 0 Å². The van der Waals surface area contributed by atoms with Gasteiger partial charge in [0.2, 0.25) is 10.0 Å². The highest BCUT2D eigenvalue weighted by atomic mass is 32.2. The maximum Gasteiger partial charge on any atom is 0.248 e. The first kappa shape index (κ1) is 15.0. The lowest BCUT2D eigenvalue weighted by atomic mass is 10.1. The van der Waals surface area contributed by atoms with E-state index in [1.165, 1.54) is 12.8 Å². The standard InChI is InChI=1S/C14H23N3O3S/c1-10-14(12(3)20-15-10)21(18,19)17-8-6-16(7-9-17)11(2)13-4-5-13/h11,13H,4-9H2,1-3H3. The van der Waals surface area contributed by atoms with Crippen LogP contribution in [0, 0.1) is 19.8 Å². The third-order valence-electron chi connectivity index (χ3n) is 4.72. The van der Waals surface area contributed by atoms with Crippen LogP contribution in [0.4, 0.5) is 0 Å². The van der Waals surface area contributed by atoms with Crippen LogP contribution in [0.3, 0.4) is 0 Å². The van der Waals surface area contributed by atoms with E-state index in [1.807, 2.05) is 0 Å². The summed E-state index contributed by atoms with van der Waals surface area (Å²) < 4.78 is 32.0. The molecule has 7 heteroatoms. The maximum absolute atomic E-state index is 12.7. The van der Waals surface area contributed by atoms with Crippen molar-refractivity contribution in [2.75, 3.05) is 26.2 Å². The van der Waals surface area contributed by atoms with E-state index in [-0.39, 0.29) is 4.90 Å². The summed E-state index contributed by atoms with van der Waals surface area (Å²) >= 11 is 0. The second kappa shape index (κ2) is 5.37. The molecule has 1 unspecified atom stereocenters. The number of aromatic nitrogens is 1. The van der Waals surface area contributed by atoms with Crippen molar-refractivity contribution in [2.45, 2.75) is 44.6 Å². The Balaban J connectivity index is 1.71. The van der Waals surface area contributed by atoms with Crippen LogP contribution in [-0.4, -0.2) is 55.0 Å². The van der Waals surface area contributed by atoms with Gasteiger partial charge in [0.1, 0.15) is 10.6 Å². The first-order chi connectivity index (χ1) is 9.91. The van der Waals surface area contributed by atoms with Crippen LogP contribution in [0.2, 0.25) is 0 Å². The van der Waals surface area contributed by atoms with Crippen LogP contribution in [0.5, 0.6) is 0 Å². The van der Waals surface area contributed by atoms with E-state index in [4.69, 9.17) is 4.52 Å². The Kier molecular flexibility index (Phi) is 3.83. The van der Waals surface area contributed by atoms with Crippen LogP contribution in [0.15, 0.2) is 9.42 Å². The molecule has 6 nitrogen and oxygen atoms in total. The van der Waals surface area contributed by atoms with Gasteiger partial charge in [0.05, 0.1) is 0 Å². The first-order valence-electron chi connectivity index (χ1n) is 7.58. The molecule has 2 fully saturated rings. The molecular formula is C14H23N3O3S. The summed E-state index contributed by atoms with van der Waals surface area (Å²) in [5.41, 5.74) is 0.446. The summed E-state index contributed by atoms with van der Waals surface area (Å²) in [6, 6.07) is 0.578. The van der Waals surface area contributed by atoms with Crippen molar-refractivity contribution in [1.29, 1.82) is 0 Å². The van der Waals surface area contributed by atoms with Gasteiger partial charge in [0.25, 0.3) is 0 Å². The Morgan fingerprint density at radius 3 is 2.29 bits per heavy atom. The van der Waals surface area contributed by atoms with E-state index >= 15 is 0 Å². The topological polar surface area (TPSA) is 66.7 Å². The molecule has 0 bridgehead atoms. The lowest BCUT2D eigenvalue weighted by Gasteiger charge is -2.37. The second-order valence-corrected chi connectivity index (χ2v) is 8.05. The number of aryl methyl sites for hydroxylation is 2. The predicted molar refractivity (Wildman–Crippen MR) is 78.5 cm³/mol. The maximum atomic E-state index is 12.7. The largest absolute Gasteiger partial charge is 0.360 e. The van der Waals surface area contributed by atoms with Crippen LogP contribution in [0.25, 0.3) is 0 Å². The molecule has 0 N–H and O–H groups in total. The van der Waals surface area contributed by atoms with Gasteiger partial charge in [-0.05, 0) is 39.5 Å². The smallest absolute Gasteiger partial charge is 0.248 e. The monoisotopic (exact) mass is 313 g/mol. The minimum atomic E-state index is -3.48. The molecular weight excluding hydrogens is 290 g/mol. The molecule has 1 aliphatic carbocycles. The summed E-state index contributed by atoms with van der Waals surface area (Å²) in [5, 5.41) is 3.76. The first-order valence-corrected chi connectivity index (χ1v) is 9.02. The average Bonchev–Trinajstić information content (AvgIpc) is 3.24. The molecule has 1 saturated carbocycles. The van der Waals surface area contributed by atoms with Gasteiger partial charge in [0, 0.05) is 32.2 Å². The van der Waals surface area contributed by atoms with E-state index in [0.717, 1.165) is 19.0 Å². The van der Waals surface area contributed by atoms with Gasteiger partial charge in [-0.3, -0.25) is 4.90 Å². The third-order valence-corrected chi connectivity index (χ3v) is 6.86. The number of piperazine rings is 1. The molecule has 1 aliphatic heterocycles. The SMILES string of the molecule is Cc1noc(C)c1S(=O)(=O)N1CCN(C(C)C2CC2)CC1. The fourth-order valence-corrected chi connectivity index (χ4v) is 4.91. The summed E-state index contributed by atoms with van der Waals surface area (Å²) in [5.74, 6) is 1.19. The molecule has 0 spiro atoms. The van der Waals surface area contributed by atoms with Gasteiger partial charge in [-0.2, -0.15) is 4.31 Å². The van der Waals surface area contributed by atoms with Crippen LogP contribution in [0.1, 0.15) is 31.2 Å². The summed E-state index contributed by atoms with van der Waals surface area (Å²) in [6.07, 6.45) is 2.64. The highest BCUT2D eigenvalue weighted by molar-refractivity contribution is 7.89. The normalized spacial score (nSPS) is 23.4. The van der Waals surface area contributed by atoms with Crippen molar-refractivity contribution in [3.05, 3.63) is 11.5 Å². The van der Waals surface area contributed by atoms with Crippen molar-refractivity contribution in [3.63, 3.8) is 0 Å². The molecule has 0 radical (unpaired) electrons. The zero-order valence-electron chi connectivity index (χ0n) is 12.9. The molecule has 21 heavy (non-hydrogen) atoms. The third kappa shape index (κ3) is 2.74. The second-order valence-electron chi connectivity index (χ2n) is 6.17. The Labute approximate surface area is 126 Å². The van der Waals surface area contributed by atoms with Crippen molar-refractivity contribution >= 4 is 10.0 Å². The Morgan fingerprint density at radius 2 is 1.81 bits per heavy atom. The quantitative estimate of drug-likeness (QED) is 0.840. The highest BCUT2D eigenvalue weighted by Gasteiger charge is 2.37. The predicted octanol–water partition coefficient (Wildman–Crippen LogP) is 1.40. The summed E-state index contributed by atoms with van der Waals surface area (Å²) in [6.45, 7) is 8.29. The molecule has 3 rings (SSSR count). The van der Waals surface area contributed by atoms with Gasteiger partial charge < -0.3 is 4.52 Å². The van der Waals surface area contributed by atoms with Gasteiger partial charge in [-0.1, -0.05) is 5.16 Å². The number of hydrogen-bond acceptors (Lipinski definition) is 5. The summed E-state index contributed by atoms with van der Waals surface area (Å²) in [7, 11) is -3.48. The molecule has 2 heterocycles. The van der Waals surface area contributed by atoms with Crippen molar-refractivity contribution in [1.82, 2.24) is 14.4 Å². The zero-order chi connectivity index (χ0) is 15.2. The van der Waals surface area contributed by atoms with Crippen LogP contribution >= 0.6 is 0 Å². The summed E-state index contributed by atoms with van der Waals surface area (Å²) in [4.78, 5) is 2.66. The molecule has 118 valence electrons. The van der Waals surface area contributed by atoms with Crippen LogP contribution < -0.4 is 0 Å². The molecule has 1 saturated heterocycles. The van der Waals surface area contributed by atoms with Gasteiger partial charge in [-0.15, -0.1) is 0 Å². The number of nitrogens with zero attached hydrogens (tertiary/aromatic N) is 3. The van der Waals surface area contributed by atoms with E-state index in [9.17, 15) is 8.42 Å². The molecule has 1 atom stereocenters. The minimum Gasteiger partial charge on any atom is -0.360 e.